The molecule has 0 spiro atoms. The van der Waals surface area contributed by atoms with Gasteiger partial charge in [0.1, 0.15) is 23.2 Å². The summed E-state index contributed by atoms with van der Waals surface area (Å²) in [5.41, 5.74) is 6.59. The number of ether oxygens (including phenoxy) is 1. The first kappa shape index (κ1) is 12.5. The van der Waals surface area contributed by atoms with Gasteiger partial charge in [0.15, 0.2) is 5.78 Å². The Labute approximate surface area is 116 Å². The van der Waals surface area contributed by atoms with Gasteiger partial charge in [0.2, 0.25) is 5.88 Å². The maximum Gasteiger partial charge on any atom is 0.205 e. The predicted octanol–water partition coefficient (Wildman–Crippen LogP) is 2.34. The van der Waals surface area contributed by atoms with E-state index in [1.54, 1.807) is 12.1 Å². The van der Waals surface area contributed by atoms with E-state index >= 15 is 0 Å². The van der Waals surface area contributed by atoms with Crippen LogP contribution in [0.25, 0.3) is 0 Å². The molecule has 1 aromatic heterocycles. The van der Waals surface area contributed by atoms with Crippen LogP contribution in [0.5, 0.6) is 0 Å². The standard InChI is InChI=1S/C15H14N2O3/c1-8-5-10(18)14-12(6-8)20-15(17)9(7-16)13(14)11-3-2-4-19-11/h2-4,8,13H,5-6,17H2,1H3/t8-,13+/m1/s1. The number of Topliss-reactive ketones (excluding diaryl/α,β-unsaturated/α-hetero) is 1. The number of hydrogen-bond acceptors (Lipinski definition) is 5. The third kappa shape index (κ3) is 1.81. The molecule has 1 aromatic rings. The molecule has 2 N–H and O–H groups in total. The average Bonchev–Trinajstić information content (AvgIpc) is 2.90. The lowest BCUT2D eigenvalue weighted by atomic mass is 9.77. The predicted molar refractivity (Wildman–Crippen MR) is 69.8 cm³/mol. The van der Waals surface area contributed by atoms with Crippen molar-refractivity contribution in [2.75, 3.05) is 0 Å². The van der Waals surface area contributed by atoms with E-state index in [4.69, 9.17) is 14.9 Å². The number of nitrogens with zero attached hydrogens (tertiary/aromatic N) is 1. The summed E-state index contributed by atoms with van der Waals surface area (Å²) in [6.45, 7) is 1.99. The van der Waals surface area contributed by atoms with E-state index in [2.05, 4.69) is 0 Å². The summed E-state index contributed by atoms with van der Waals surface area (Å²) in [6, 6.07) is 5.51. The van der Waals surface area contributed by atoms with Gasteiger partial charge in [-0.15, -0.1) is 0 Å². The maximum atomic E-state index is 12.4. The highest BCUT2D eigenvalue weighted by atomic mass is 16.5. The van der Waals surface area contributed by atoms with Gasteiger partial charge >= 0.3 is 0 Å². The molecule has 0 saturated heterocycles. The Hall–Kier alpha value is -2.48. The summed E-state index contributed by atoms with van der Waals surface area (Å²) in [4.78, 5) is 12.4. The number of carbonyl (C=O) groups is 1. The molecular weight excluding hydrogens is 256 g/mol. The molecule has 1 aliphatic heterocycles. The lowest BCUT2D eigenvalue weighted by Gasteiger charge is -2.31. The first-order valence-corrected chi connectivity index (χ1v) is 6.49. The lowest BCUT2D eigenvalue weighted by Crippen LogP contribution is -2.29. The second kappa shape index (κ2) is 4.57. The molecule has 2 heterocycles. The molecule has 102 valence electrons. The number of nitriles is 1. The minimum absolute atomic E-state index is 0.000370. The molecule has 0 bridgehead atoms. The molecule has 3 rings (SSSR count). The zero-order valence-corrected chi connectivity index (χ0v) is 11.1. The molecule has 1 aliphatic carbocycles. The summed E-state index contributed by atoms with van der Waals surface area (Å²) >= 11 is 0. The molecule has 5 nitrogen and oxygen atoms in total. The maximum absolute atomic E-state index is 12.4. The van der Waals surface area contributed by atoms with Crippen LogP contribution in [0, 0.1) is 17.2 Å². The number of ketones is 1. The number of hydrogen-bond donors (Lipinski definition) is 1. The molecule has 0 unspecified atom stereocenters. The largest absolute Gasteiger partial charge is 0.468 e. The molecule has 0 amide bonds. The summed E-state index contributed by atoms with van der Waals surface area (Å²) in [5.74, 6) is 0.860. The van der Waals surface area contributed by atoms with Crippen molar-refractivity contribution in [3.8, 4) is 6.07 Å². The van der Waals surface area contributed by atoms with Crippen molar-refractivity contribution < 1.29 is 13.9 Å². The van der Waals surface area contributed by atoms with E-state index in [9.17, 15) is 10.1 Å². The van der Waals surface area contributed by atoms with Gasteiger partial charge in [-0.3, -0.25) is 4.79 Å². The number of furan rings is 1. The minimum atomic E-state index is -0.543. The highest BCUT2D eigenvalue weighted by Gasteiger charge is 2.40. The number of allylic oxidation sites excluding steroid dienone is 3. The third-order valence-corrected chi connectivity index (χ3v) is 3.69. The van der Waals surface area contributed by atoms with Crippen molar-refractivity contribution in [3.63, 3.8) is 0 Å². The van der Waals surface area contributed by atoms with E-state index < -0.39 is 5.92 Å². The SMILES string of the molecule is C[C@@H]1CC(=O)C2=C(C1)OC(N)=C(C#N)[C@H]2c1ccco1. The number of carbonyl (C=O) groups excluding carboxylic acids is 1. The van der Waals surface area contributed by atoms with Gasteiger partial charge in [-0.2, -0.15) is 5.26 Å². The molecule has 0 radical (unpaired) electrons. The van der Waals surface area contributed by atoms with Crippen LogP contribution < -0.4 is 5.73 Å². The quantitative estimate of drug-likeness (QED) is 0.846. The van der Waals surface area contributed by atoms with Crippen LogP contribution in [-0.4, -0.2) is 5.78 Å². The Morgan fingerprint density at radius 1 is 1.45 bits per heavy atom. The fraction of sp³-hybridized carbons (Fsp3) is 0.333. The van der Waals surface area contributed by atoms with Crippen molar-refractivity contribution >= 4 is 5.78 Å². The van der Waals surface area contributed by atoms with E-state index in [1.807, 2.05) is 13.0 Å². The molecule has 0 fully saturated rings. The van der Waals surface area contributed by atoms with Crippen molar-refractivity contribution in [3.05, 3.63) is 46.9 Å². The van der Waals surface area contributed by atoms with Crippen molar-refractivity contribution in [1.82, 2.24) is 0 Å². The Balaban J connectivity index is 2.16. The van der Waals surface area contributed by atoms with Gasteiger partial charge in [0.05, 0.1) is 12.2 Å². The summed E-state index contributed by atoms with van der Waals surface area (Å²) in [7, 11) is 0. The van der Waals surface area contributed by atoms with Gasteiger partial charge < -0.3 is 14.9 Å². The summed E-state index contributed by atoms with van der Waals surface area (Å²) in [6.07, 6.45) is 2.63. The average molecular weight is 270 g/mol. The van der Waals surface area contributed by atoms with Crippen molar-refractivity contribution in [1.29, 1.82) is 5.26 Å². The van der Waals surface area contributed by atoms with Gasteiger partial charge in [-0.25, -0.2) is 0 Å². The van der Waals surface area contributed by atoms with Crippen molar-refractivity contribution in [2.45, 2.75) is 25.7 Å². The van der Waals surface area contributed by atoms with Gasteiger partial charge in [0.25, 0.3) is 0 Å². The molecule has 0 saturated carbocycles. The third-order valence-electron chi connectivity index (χ3n) is 3.69. The molecule has 20 heavy (non-hydrogen) atoms. The zero-order chi connectivity index (χ0) is 14.3. The number of nitrogens with two attached hydrogens (primary N) is 1. The first-order valence-electron chi connectivity index (χ1n) is 6.49. The minimum Gasteiger partial charge on any atom is -0.468 e. The van der Waals surface area contributed by atoms with Gasteiger partial charge in [-0.05, 0) is 18.1 Å². The highest BCUT2D eigenvalue weighted by Crippen LogP contribution is 2.44. The van der Waals surface area contributed by atoms with E-state index in [1.165, 1.54) is 6.26 Å². The normalized spacial score (nSPS) is 26.1. The zero-order valence-electron chi connectivity index (χ0n) is 11.1. The monoisotopic (exact) mass is 270 g/mol. The molecule has 5 heteroatoms. The van der Waals surface area contributed by atoms with Crippen LogP contribution in [0.4, 0.5) is 0 Å². The molecule has 2 aliphatic rings. The van der Waals surface area contributed by atoms with E-state index in [0.29, 0.717) is 29.9 Å². The Kier molecular flexibility index (Phi) is 2.87. The van der Waals surface area contributed by atoms with Crippen LogP contribution in [0.3, 0.4) is 0 Å². The van der Waals surface area contributed by atoms with Gasteiger partial charge in [-0.1, -0.05) is 6.92 Å². The lowest BCUT2D eigenvalue weighted by molar-refractivity contribution is -0.117. The summed E-state index contributed by atoms with van der Waals surface area (Å²) in [5, 5.41) is 9.32. The fourth-order valence-corrected chi connectivity index (χ4v) is 2.83. The van der Waals surface area contributed by atoms with E-state index in [0.717, 1.165) is 0 Å². The Bertz CT molecular complexity index is 662. The van der Waals surface area contributed by atoms with E-state index in [-0.39, 0.29) is 23.2 Å². The van der Waals surface area contributed by atoms with Gasteiger partial charge in [0, 0.05) is 18.4 Å². The summed E-state index contributed by atoms with van der Waals surface area (Å²) < 4.78 is 10.9. The topological polar surface area (TPSA) is 89.2 Å². The molecular formula is C15H14N2O3. The smallest absolute Gasteiger partial charge is 0.205 e. The molecule has 0 aromatic carbocycles. The Morgan fingerprint density at radius 2 is 2.25 bits per heavy atom. The highest BCUT2D eigenvalue weighted by molar-refractivity contribution is 5.99. The van der Waals surface area contributed by atoms with Crippen LogP contribution >= 0.6 is 0 Å². The first-order chi connectivity index (χ1) is 9.61. The Morgan fingerprint density at radius 3 is 2.90 bits per heavy atom. The van der Waals surface area contributed by atoms with Crippen LogP contribution in [0.15, 0.2) is 45.6 Å². The fourth-order valence-electron chi connectivity index (χ4n) is 2.83. The second-order valence-corrected chi connectivity index (χ2v) is 5.21. The second-order valence-electron chi connectivity index (χ2n) is 5.21. The molecule has 2 atom stereocenters. The van der Waals surface area contributed by atoms with Crippen LogP contribution in [0.1, 0.15) is 31.4 Å². The van der Waals surface area contributed by atoms with Crippen LogP contribution in [0.2, 0.25) is 0 Å². The van der Waals surface area contributed by atoms with Crippen molar-refractivity contribution in [2.24, 2.45) is 11.7 Å². The number of rotatable bonds is 1. The van der Waals surface area contributed by atoms with Crippen LogP contribution in [-0.2, 0) is 9.53 Å².